The third kappa shape index (κ3) is 3.14. The van der Waals surface area contributed by atoms with Crippen molar-refractivity contribution in [2.45, 2.75) is 6.61 Å². The maximum absolute atomic E-state index is 10.9. The quantitative estimate of drug-likeness (QED) is 0.686. The summed E-state index contributed by atoms with van der Waals surface area (Å²) in [6.07, 6.45) is 0. The molecule has 98 valence electrons. The van der Waals surface area contributed by atoms with Gasteiger partial charge in [-0.2, -0.15) is 0 Å². The molecule has 1 N–H and O–H groups in total. The van der Waals surface area contributed by atoms with E-state index < -0.39 is 4.92 Å². The molecule has 0 aliphatic carbocycles. The summed E-state index contributed by atoms with van der Waals surface area (Å²) in [5.74, 6) is 0.473. The zero-order valence-corrected chi connectivity index (χ0v) is 10.5. The van der Waals surface area contributed by atoms with Gasteiger partial charge in [-0.15, -0.1) is 0 Å². The molecular weight excluding hydrogens is 270 g/mol. The molecule has 19 heavy (non-hydrogen) atoms. The molecular formula is C13H10ClNO4. The Hall–Kier alpha value is -2.27. The van der Waals surface area contributed by atoms with Crippen LogP contribution in [-0.2, 0) is 6.61 Å². The van der Waals surface area contributed by atoms with Crippen LogP contribution in [0.5, 0.6) is 11.5 Å². The second-order valence-corrected chi connectivity index (χ2v) is 4.19. The minimum absolute atomic E-state index is 0.0422. The van der Waals surface area contributed by atoms with E-state index in [1.807, 2.05) is 0 Å². The number of hydrogen-bond acceptors (Lipinski definition) is 4. The summed E-state index contributed by atoms with van der Waals surface area (Å²) in [4.78, 5) is 10.4. The van der Waals surface area contributed by atoms with E-state index in [0.29, 0.717) is 11.3 Å². The van der Waals surface area contributed by atoms with Gasteiger partial charge in [-0.3, -0.25) is 10.1 Å². The van der Waals surface area contributed by atoms with Crippen LogP contribution in [0.25, 0.3) is 0 Å². The lowest BCUT2D eigenvalue weighted by atomic mass is 10.2. The SMILES string of the molecule is O=[N+]([O-])c1cccc(Cl)c1COc1cccc(O)c1. The van der Waals surface area contributed by atoms with Crippen LogP contribution in [0, 0.1) is 10.1 Å². The van der Waals surface area contributed by atoms with E-state index in [2.05, 4.69) is 0 Å². The number of rotatable bonds is 4. The molecule has 2 rings (SSSR count). The molecule has 0 aliphatic rings. The molecule has 0 saturated heterocycles. The minimum atomic E-state index is -0.507. The molecule has 0 amide bonds. The van der Waals surface area contributed by atoms with Gasteiger partial charge in [-0.25, -0.2) is 0 Å². The van der Waals surface area contributed by atoms with Gasteiger partial charge in [0.15, 0.2) is 0 Å². The number of halogens is 1. The maximum Gasteiger partial charge on any atom is 0.277 e. The van der Waals surface area contributed by atoms with Crippen molar-refractivity contribution in [1.29, 1.82) is 0 Å². The summed E-state index contributed by atoms with van der Waals surface area (Å²) in [5.41, 5.74) is 0.213. The highest BCUT2D eigenvalue weighted by molar-refractivity contribution is 6.31. The number of phenolic OH excluding ortho intramolecular Hbond substituents is 1. The summed E-state index contributed by atoms with van der Waals surface area (Å²) >= 11 is 5.94. The second kappa shape index (κ2) is 5.58. The zero-order valence-electron chi connectivity index (χ0n) is 9.75. The summed E-state index contributed by atoms with van der Waals surface area (Å²) in [5, 5.41) is 20.5. The standard InChI is InChI=1S/C13H10ClNO4/c14-12-5-2-6-13(15(17)18)11(12)8-19-10-4-1-3-9(16)7-10/h1-7,16H,8H2. The largest absolute Gasteiger partial charge is 0.508 e. The Morgan fingerprint density at radius 2 is 2.00 bits per heavy atom. The molecule has 2 aromatic rings. The van der Waals surface area contributed by atoms with Crippen LogP contribution in [0.15, 0.2) is 42.5 Å². The maximum atomic E-state index is 10.9. The predicted octanol–water partition coefficient (Wildman–Crippen LogP) is 3.53. The van der Waals surface area contributed by atoms with Crippen molar-refractivity contribution in [3.05, 3.63) is 63.2 Å². The molecule has 0 aliphatic heterocycles. The normalized spacial score (nSPS) is 10.2. The number of phenols is 1. The topological polar surface area (TPSA) is 72.6 Å². The fraction of sp³-hybridized carbons (Fsp3) is 0.0769. The first-order valence-electron chi connectivity index (χ1n) is 5.41. The van der Waals surface area contributed by atoms with Gasteiger partial charge >= 0.3 is 0 Å². The number of nitrogens with zero attached hydrogens (tertiary/aromatic N) is 1. The Bertz CT molecular complexity index is 615. The van der Waals surface area contributed by atoms with E-state index in [4.69, 9.17) is 16.3 Å². The number of ether oxygens (including phenoxy) is 1. The highest BCUT2D eigenvalue weighted by atomic mass is 35.5. The lowest BCUT2D eigenvalue weighted by Gasteiger charge is -2.08. The Kier molecular flexibility index (Phi) is 3.87. The Balaban J connectivity index is 2.22. The highest BCUT2D eigenvalue weighted by Gasteiger charge is 2.17. The summed E-state index contributed by atoms with van der Waals surface area (Å²) in [6, 6.07) is 10.6. The van der Waals surface area contributed by atoms with Crippen molar-refractivity contribution in [1.82, 2.24) is 0 Å². The van der Waals surface area contributed by atoms with Gasteiger partial charge in [-0.1, -0.05) is 23.7 Å². The van der Waals surface area contributed by atoms with Crippen LogP contribution in [0.1, 0.15) is 5.56 Å². The lowest BCUT2D eigenvalue weighted by Crippen LogP contribution is -2.01. The van der Waals surface area contributed by atoms with Gasteiger partial charge in [0.1, 0.15) is 18.1 Å². The van der Waals surface area contributed by atoms with E-state index in [9.17, 15) is 15.2 Å². The van der Waals surface area contributed by atoms with Gasteiger partial charge in [-0.05, 0) is 18.2 Å². The molecule has 6 heteroatoms. The summed E-state index contributed by atoms with van der Waals surface area (Å²) in [7, 11) is 0. The molecule has 0 bridgehead atoms. The monoisotopic (exact) mass is 279 g/mol. The average Bonchev–Trinajstić information content (AvgIpc) is 2.37. The Morgan fingerprint density at radius 3 is 2.68 bits per heavy atom. The molecule has 0 heterocycles. The smallest absolute Gasteiger partial charge is 0.277 e. The molecule has 0 saturated carbocycles. The molecule has 0 radical (unpaired) electrons. The van der Waals surface area contributed by atoms with Gasteiger partial charge in [0.25, 0.3) is 5.69 Å². The van der Waals surface area contributed by atoms with E-state index in [1.54, 1.807) is 18.2 Å². The number of nitro groups is 1. The third-order valence-electron chi connectivity index (χ3n) is 2.49. The fourth-order valence-electron chi connectivity index (χ4n) is 1.59. The molecule has 2 aromatic carbocycles. The molecule has 0 spiro atoms. The Morgan fingerprint density at radius 1 is 1.26 bits per heavy atom. The van der Waals surface area contributed by atoms with Crippen molar-refractivity contribution < 1.29 is 14.8 Å². The lowest BCUT2D eigenvalue weighted by molar-refractivity contribution is -0.385. The first-order chi connectivity index (χ1) is 9.08. The van der Waals surface area contributed by atoms with E-state index >= 15 is 0 Å². The van der Waals surface area contributed by atoms with E-state index in [1.165, 1.54) is 24.3 Å². The number of nitro benzene ring substituents is 1. The predicted molar refractivity (Wildman–Crippen MR) is 70.5 cm³/mol. The van der Waals surface area contributed by atoms with Crippen molar-refractivity contribution in [3.8, 4) is 11.5 Å². The highest BCUT2D eigenvalue weighted by Crippen LogP contribution is 2.28. The van der Waals surface area contributed by atoms with Gasteiger partial charge < -0.3 is 9.84 Å². The van der Waals surface area contributed by atoms with Gasteiger partial charge in [0, 0.05) is 12.1 Å². The van der Waals surface area contributed by atoms with Gasteiger partial charge in [0.05, 0.1) is 15.5 Å². The fourth-order valence-corrected chi connectivity index (χ4v) is 1.81. The number of benzene rings is 2. The average molecular weight is 280 g/mol. The summed E-state index contributed by atoms with van der Waals surface area (Å²) in [6.45, 7) is -0.0422. The van der Waals surface area contributed by atoms with E-state index in [0.717, 1.165) is 0 Å². The molecule has 5 nitrogen and oxygen atoms in total. The van der Waals surface area contributed by atoms with Crippen LogP contribution in [0.4, 0.5) is 5.69 Å². The van der Waals surface area contributed by atoms with Crippen LogP contribution in [-0.4, -0.2) is 10.0 Å². The minimum Gasteiger partial charge on any atom is -0.508 e. The Labute approximate surface area is 114 Å². The first-order valence-corrected chi connectivity index (χ1v) is 5.79. The van der Waals surface area contributed by atoms with Crippen molar-refractivity contribution in [3.63, 3.8) is 0 Å². The number of aromatic hydroxyl groups is 1. The second-order valence-electron chi connectivity index (χ2n) is 3.78. The van der Waals surface area contributed by atoms with E-state index in [-0.39, 0.29) is 23.1 Å². The van der Waals surface area contributed by atoms with Crippen LogP contribution < -0.4 is 4.74 Å². The van der Waals surface area contributed by atoms with Crippen LogP contribution >= 0.6 is 11.6 Å². The van der Waals surface area contributed by atoms with Crippen molar-refractivity contribution in [2.24, 2.45) is 0 Å². The number of hydrogen-bond donors (Lipinski definition) is 1. The molecule has 0 unspecified atom stereocenters. The van der Waals surface area contributed by atoms with Crippen molar-refractivity contribution in [2.75, 3.05) is 0 Å². The third-order valence-corrected chi connectivity index (χ3v) is 2.85. The zero-order chi connectivity index (χ0) is 13.8. The summed E-state index contributed by atoms with van der Waals surface area (Å²) < 4.78 is 5.40. The molecule has 0 atom stereocenters. The van der Waals surface area contributed by atoms with Crippen molar-refractivity contribution >= 4 is 17.3 Å². The van der Waals surface area contributed by atoms with Crippen LogP contribution in [0.3, 0.4) is 0 Å². The first kappa shape index (κ1) is 13.2. The molecule has 0 aromatic heterocycles. The van der Waals surface area contributed by atoms with Gasteiger partial charge in [0.2, 0.25) is 0 Å². The van der Waals surface area contributed by atoms with Crippen LogP contribution in [0.2, 0.25) is 5.02 Å². The molecule has 0 fully saturated rings.